The lowest BCUT2D eigenvalue weighted by Gasteiger charge is -2.31. The van der Waals surface area contributed by atoms with E-state index in [0.29, 0.717) is 0 Å². The topological polar surface area (TPSA) is 71.0 Å². The highest BCUT2D eigenvalue weighted by molar-refractivity contribution is 7.07. The summed E-state index contributed by atoms with van der Waals surface area (Å²) in [5, 5.41) is 5.10. The van der Waals surface area contributed by atoms with E-state index in [1.165, 1.54) is 0 Å². The van der Waals surface area contributed by atoms with Crippen LogP contribution >= 0.6 is 11.3 Å². The monoisotopic (exact) mass is 407 g/mol. The Balaban J connectivity index is 1.29. The van der Waals surface area contributed by atoms with E-state index in [9.17, 15) is 4.79 Å². The summed E-state index contributed by atoms with van der Waals surface area (Å²) in [4.78, 5) is 28.2. The molecule has 0 bridgehead atoms. The number of thiazole rings is 1. The largest absolute Gasteiger partial charge is 0.326 e. The Hall–Kier alpha value is -2.64. The second-order valence-electron chi connectivity index (χ2n) is 7.36. The van der Waals surface area contributed by atoms with Crippen molar-refractivity contribution in [1.82, 2.24) is 19.9 Å². The summed E-state index contributed by atoms with van der Waals surface area (Å²) in [7, 11) is 0. The number of aromatic nitrogens is 3. The van der Waals surface area contributed by atoms with Gasteiger partial charge in [0, 0.05) is 53.5 Å². The van der Waals surface area contributed by atoms with Crippen LogP contribution in [0.3, 0.4) is 0 Å². The normalized spacial score (nSPS) is 15.3. The number of carbonyl (C=O) groups excluding carboxylic acids is 1. The maximum absolute atomic E-state index is 12.7. The maximum Gasteiger partial charge on any atom is 0.227 e. The molecule has 1 N–H and O–H groups in total. The van der Waals surface area contributed by atoms with E-state index in [-0.39, 0.29) is 11.8 Å². The number of rotatable bonds is 6. The predicted octanol–water partition coefficient (Wildman–Crippen LogP) is 4.01. The van der Waals surface area contributed by atoms with Gasteiger partial charge in [-0.25, -0.2) is 15.0 Å². The summed E-state index contributed by atoms with van der Waals surface area (Å²) >= 11 is 1.57. The molecule has 2 aromatic heterocycles. The van der Waals surface area contributed by atoms with Gasteiger partial charge in [-0.1, -0.05) is 19.1 Å². The lowest BCUT2D eigenvalue weighted by Crippen LogP contribution is -2.37. The van der Waals surface area contributed by atoms with Crippen molar-refractivity contribution in [2.45, 2.75) is 32.7 Å². The van der Waals surface area contributed by atoms with Gasteiger partial charge < -0.3 is 5.32 Å². The number of amides is 1. The highest BCUT2D eigenvalue weighted by atomic mass is 32.1. The van der Waals surface area contributed by atoms with Gasteiger partial charge in [-0.05, 0) is 38.1 Å². The van der Waals surface area contributed by atoms with Gasteiger partial charge in [0.15, 0.2) is 0 Å². The molecule has 1 fully saturated rings. The predicted molar refractivity (Wildman–Crippen MR) is 116 cm³/mol. The van der Waals surface area contributed by atoms with Crippen molar-refractivity contribution in [3.63, 3.8) is 0 Å². The molecule has 0 saturated carbocycles. The summed E-state index contributed by atoms with van der Waals surface area (Å²) < 4.78 is 0. The average Bonchev–Trinajstić information content (AvgIpc) is 3.30. The van der Waals surface area contributed by atoms with Gasteiger partial charge in [0.1, 0.15) is 5.82 Å². The minimum Gasteiger partial charge on any atom is -0.326 e. The SMILES string of the molecule is CCc1ncc(CN2CCC(C(=O)Nc3cccc(-c4cscn4)c3)CC2)cn1. The number of piperidine rings is 1. The van der Waals surface area contributed by atoms with E-state index < -0.39 is 0 Å². The maximum atomic E-state index is 12.7. The molecule has 1 amide bonds. The van der Waals surface area contributed by atoms with E-state index in [2.05, 4.69) is 32.1 Å². The molecule has 1 aliphatic heterocycles. The van der Waals surface area contributed by atoms with Crippen molar-refractivity contribution in [3.05, 3.63) is 58.9 Å². The summed E-state index contributed by atoms with van der Waals surface area (Å²) in [6.07, 6.45) is 6.42. The van der Waals surface area contributed by atoms with Gasteiger partial charge in [0.25, 0.3) is 0 Å². The van der Waals surface area contributed by atoms with Crippen LogP contribution in [-0.4, -0.2) is 38.8 Å². The van der Waals surface area contributed by atoms with Crippen molar-refractivity contribution in [1.29, 1.82) is 0 Å². The second-order valence-corrected chi connectivity index (χ2v) is 8.07. The first-order valence-electron chi connectivity index (χ1n) is 10.0. The zero-order valence-electron chi connectivity index (χ0n) is 16.5. The number of anilines is 1. The third kappa shape index (κ3) is 5.05. The number of aryl methyl sites for hydroxylation is 1. The minimum absolute atomic E-state index is 0.0490. The Labute approximate surface area is 175 Å². The van der Waals surface area contributed by atoms with Crippen LogP contribution in [0.25, 0.3) is 11.3 Å². The molecule has 29 heavy (non-hydrogen) atoms. The average molecular weight is 408 g/mol. The summed E-state index contributed by atoms with van der Waals surface area (Å²) in [6, 6.07) is 7.89. The molecule has 0 spiro atoms. The van der Waals surface area contributed by atoms with Gasteiger partial charge in [0.2, 0.25) is 5.91 Å². The molecular formula is C22H25N5OS. The lowest BCUT2D eigenvalue weighted by molar-refractivity contribution is -0.121. The molecule has 0 radical (unpaired) electrons. The fourth-order valence-corrected chi connectivity index (χ4v) is 4.17. The van der Waals surface area contributed by atoms with Crippen LogP contribution in [0.5, 0.6) is 0 Å². The van der Waals surface area contributed by atoms with Gasteiger partial charge in [0.05, 0.1) is 11.2 Å². The first-order chi connectivity index (χ1) is 14.2. The van der Waals surface area contributed by atoms with Crippen molar-refractivity contribution in [2.75, 3.05) is 18.4 Å². The molecule has 1 saturated heterocycles. The Morgan fingerprint density at radius 2 is 2.00 bits per heavy atom. The first-order valence-corrected chi connectivity index (χ1v) is 11.0. The molecule has 4 rings (SSSR count). The van der Waals surface area contributed by atoms with Crippen LogP contribution in [0.15, 0.2) is 47.5 Å². The van der Waals surface area contributed by atoms with Crippen molar-refractivity contribution in [2.24, 2.45) is 5.92 Å². The quantitative estimate of drug-likeness (QED) is 0.668. The van der Waals surface area contributed by atoms with E-state index >= 15 is 0 Å². The fourth-order valence-electron chi connectivity index (χ4n) is 3.61. The zero-order chi connectivity index (χ0) is 20.1. The standard InChI is InChI=1S/C22H25N5OS/c1-2-21-23-11-16(12-24-21)13-27-8-6-17(7-9-27)22(28)26-19-5-3-4-18(10-19)20-14-29-15-25-20/h3-5,10-12,14-15,17H,2,6-9,13H2,1H3,(H,26,28). The van der Waals surface area contributed by atoms with Crippen LogP contribution in [0.4, 0.5) is 5.69 Å². The first kappa shape index (κ1) is 19.7. The zero-order valence-corrected chi connectivity index (χ0v) is 17.4. The molecular weight excluding hydrogens is 382 g/mol. The lowest BCUT2D eigenvalue weighted by atomic mass is 9.95. The minimum atomic E-state index is 0.0490. The number of likely N-dealkylation sites (tertiary alicyclic amines) is 1. The number of hydrogen-bond donors (Lipinski definition) is 1. The Morgan fingerprint density at radius 3 is 2.69 bits per heavy atom. The van der Waals surface area contributed by atoms with Gasteiger partial charge in [-0.2, -0.15) is 0 Å². The van der Waals surface area contributed by atoms with Gasteiger partial charge >= 0.3 is 0 Å². The smallest absolute Gasteiger partial charge is 0.227 e. The highest BCUT2D eigenvalue weighted by Gasteiger charge is 2.25. The molecule has 1 aliphatic rings. The number of hydrogen-bond acceptors (Lipinski definition) is 6. The molecule has 6 nitrogen and oxygen atoms in total. The Morgan fingerprint density at radius 1 is 1.21 bits per heavy atom. The van der Waals surface area contributed by atoms with Crippen LogP contribution in [-0.2, 0) is 17.8 Å². The van der Waals surface area contributed by atoms with Gasteiger partial charge in [-0.15, -0.1) is 11.3 Å². The fraction of sp³-hybridized carbons (Fsp3) is 0.364. The van der Waals surface area contributed by atoms with Crippen molar-refractivity contribution < 1.29 is 4.79 Å². The third-order valence-electron chi connectivity index (χ3n) is 5.30. The molecule has 3 aromatic rings. The summed E-state index contributed by atoms with van der Waals surface area (Å²) in [6.45, 7) is 4.72. The van der Waals surface area contributed by atoms with Crippen LogP contribution in [0.2, 0.25) is 0 Å². The van der Waals surface area contributed by atoms with Gasteiger partial charge in [-0.3, -0.25) is 9.69 Å². The van der Waals surface area contributed by atoms with E-state index in [0.717, 1.165) is 67.2 Å². The summed E-state index contributed by atoms with van der Waals surface area (Å²) in [5.74, 6) is 1.03. The molecule has 0 aliphatic carbocycles. The number of carbonyl (C=O) groups is 1. The molecule has 0 unspecified atom stereocenters. The van der Waals surface area contributed by atoms with E-state index in [1.54, 1.807) is 11.3 Å². The number of nitrogens with one attached hydrogen (secondary N) is 1. The van der Waals surface area contributed by atoms with Crippen LogP contribution in [0, 0.1) is 5.92 Å². The van der Waals surface area contributed by atoms with Crippen molar-refractivity contribution >= 4 is 22.9 Å². The molecule has 3 heterocycles. The molecule has 150 valence electrons. The van der Waals surface area contributed by atoms with E-state index in [4.69, 9.17) is 0 Å². The number of benzene rings is 1. The Bertz CT molecular complexity index is 934. The molecule has 1 aromatic carbocycles. The third-order valence-corrected chi connectivity index (χ3v) is 5.88. The summed E-state index contributed by atoms with van der Waals surface area (Å²) in [5.41, 5.74) is 5.74. The molecule has 7 heteroatoms. The second kappa shape index (κ2) is 9.24. The Kier molecular flexibility index (Phi) is 6.27. The highest BCUT2D eigenvalue weighted by Crippen LogP contribution is 2.24. The van der Waals surface area contributed by atoms with Crippen LogP contribution in [0.1, 0.15) is 31.2 Å². The van der Waals surface area contributed by atoms with Crippen molar-refractivity contribution in [3.8, 4) is 11.3 Å². The number of nitrogens with zero attached hydrogens (tertiary/aromatic N) is 4. The molecule has 0 atom stereocenters. The van der Waals surface area contributed by atoms with Crippen LogP contribution < -0.4 is 5.32 Å². The van der Waals surface area contributed by atoms with E-state index in [1.807, 2.05) is 47.5 Å².